The van der Waals surface area contributed by atoms with Gasteiger partial charge >= 0.3 is 0 Å². The molecule has 6 heteroatoms. The second-order valence-electron chi connectivity index (χ2n) is 4.10. The van der Waals surface area contributed by atoms with E-state index in [9.17, 15) is 8.78 Å². The van der Waals surface area contributed by atoms with E-state index in [1.807, 2.05) is 24.3 Å². The van der Waals surface area contributed by atoms with E-state index in [0.29, 0.717) is 5.75 Å². The summed E-state index contributed by atoms with van der Waals surface area (Å²) in [5.74, 6) is -0.872. The Morgan fingerprint density at radius 1 is 1.05 bits per heavy atom. The molecule has 2 N–H and O–H groups in total. The predicted octanol–water partition coefficient (Wildman–Crippen LogP) is 5.28. The van der Waals surface area contributed by atoms with Crippen LogP contribution >= 0.6 is 43.6 Å². The molecule has 1 unspecified atom stereocenters. The molecule has 0 heterocycles. The minimum atomic E-state index is -0.718. The topological polar surface area (TPSA) is 26.0 Å². The van der Waals surface area contributed by atoms with Gasteiger partial charge in [0.1, 0.15) is 11.6 Å². The van der Waals surface area contributed by atoms with Gasteiger partial charge in [-0.25, -0.2) is 8.78 Å². The van der Waals surface area contributed by atoms with Crippen molar-refractivity contribution in [2.45, 2.75) is 10.9 Å². The van der Waals surface area contributed by atoms with Crippen LogP contribution in [0, 0.1) is 11.6 Å². The molecule has 0 aliphatic heterocycles. The van der Waals surface area contributed by atoms with Crippen molar-refractivity contribution >= 4 is 43.6 Å². The van der Waals surface area contributed by atoms with Crippen molar-refractivity contribution in [1.82, 2.24) is 0 Å². The van der Waals surface area contributed by atoms with Gasteiger partial charge in [0.2, 0.25) is 0 Å². The first-order valence-electron chi connectivity index (χ1n) is 5.77. The van der Waals surface area contributed by atoms with Gasteiger partial charge in [0.15, 0.2) is 0 Å². The van der Waals surface area contributed by atoms with Gasteiger partial charge in [-0.3, -0.25) is 0 Å². The lowest BCUT2D eigenvalue weighted by Crippen LogP contribution is -2.17. The third kappa shape index (κ3) is 3.61. The molecule has 0 aliphatic carbocycles. The summed E-state index contributed by atoms with van der Waals surface area (Å²) in [6, 6.07) is 9.47. The number of benzene rings is 2. The first-order chi connectivity index (χ1) is 9.50. The van der Waals surface area contributed by atoms with E-state index in [1.165, 1.54) is 23.9 Å². The van der Waals surface area contributed by atoms with Crippen LogP contribution in [-0.2, 0) is 0 Å². The molecule has 1 atom stereocenters. The van der Waals surface area contributed by atoms with Crippen molar-refractivity contribution in [2.75, 3.05) is 5.75 Å². The van der Waals surface area contributed by atoms with Crippen LogP contribution in [0.3, 0.4) is 0 Å². The Labute approximate surface area is 137 Å². The Hall–Kier alpha value is -0.430. The van der Waals surface area contributed by atoms with Crippen LogP contribution in [0.2, 0.25) is 0 Å². The molecular weight excluding hydrogens is 412 g/mol. The lowest BCUT2D eigenvalue weighted by molar-refractivity contribution is 0.534. The molecule has 2 aromatic carbocycles. The largest absolute Gasteiger partial charge is 0.323 e. The van der Waals surface area contributed by atoms with E-state index in [4.69, 9.17) is 5.73 Å². The molecule has 0 aromatic heterocycles. The Morgan fingerprint density at radius 2 is 1.75 bits per heavy atom. The monoisotopic (exact) mass is 421 g/mol. The van der Waals surface area contributed by atoms with E-state index < -0.39 is 17.7 Å². The maximum Gasteiger partial charge on any atom is 0.145 e. The normalized spacial score (nSPS) is 12.4. The highest BCUT2D eigenvalue weighted by Crippen LogP contribution is 2.32. The molecule has 106 valence electrons. The Kier molecular flexibility index (Phi) is 5.60. The molecule has 0 saturated heterocycles. The molecule has 0 aliphatic rings. The third-order valence-electron chi connectivity index (χ3n) is 2.71. The van der Waals surface area contributed by atoms with Crippen molar-refractivity contribution in [3.63, 3.8) is 0 Å². The van der Waals surface area contributed by atoms with Gasteiger partial charge in [-0.2, -0.15) is 0 Å². The zero-order chi connectivity index (χ0) is 14.7. The van der Waals surface area contributed by atoms with Crippen LogP contribution in [-0.4, -0.2) is 5.75 Å². The molecule has 0 spiro atoms. The number of nitrogens with two attached hydrogens (primary N) is 1. The summed E-state index contributed by atoms with van der Waals surface area (Å²) in [5, 5.41) is 0. The average molecular weight is 423 g/mol. The molecule has 0 bridgehead atoms. The van der Waals surface area contributed by atoms with Crippen LogP contribution in [0.4, 0.5) is 8.78 Å². The van der Waals surface area contributed by atoms with Crippen LogP contribution in [0.15, 0.2) is 50.2 Å². The summed E-state index contributed by atoms with van der Waals surface area (Å²) in [6.07, 6.45) is 0. The number of thioether (sulfide) groups is 1. The van der Waals surface area contributed by atoms with E-state index in [1.54, 1.807) is 0 Å². The molecule has 2 aromatic rings. The Bertz CT molecular complexity index is 622. The van der Waals surface area contributed by atoms with Crippen LogP contribution in [0.1, 0.15) is 11.6 Å². The molecule has 0 fully saturated rings. The molecule has 0 saturated carbocycles. The smallest absolute Gasteiger partial charge is 0.145 e. The highest BCUT2D eigenvalue weighted by molar-refractivity contribution is 9.10. The van der Waals surface area contributed by atoms with E-state index in [0.717, 1.165) is 9.37 Å². The number of hydrogen-bond donors (Lipinski definition) is 1. The maximum absolute atomic E-state index is 13.9. The fourth-order valence-electron chi connectivity index (χ4n) is 1.71. The summed E-state index contributed by atoms with van der Waals surface area (Å²) in [6.45, 7) is 0. The van der Waals surface area contributed by atoms with Crippen molar-refractivity contribution in [1.29, 1.82) is 0 Å². The molecule has 20 heavy (non-hydrogen) atoms. The van der Waals surface area contributed by atoms with Gasteiger partial charge in [-0.15, -0.1) is 11.8 Å². The SMILES string of the molecule is NC(CSc1ccccc1Br)c1c(F)ccc(Br)c1F. The van der Waals surface area contributed by atoms with Crippen LogP contribution in [0.5, 0.6) is 0 Å². The number of halogens is 4. The second kappa shape index (κ2) is 7.02. The maximum atomic E-state index is 13.9. The lowest BCUT2D eigenvalue weighted by Gasteiger charge is -2.15. The fourth-order valence-corrected chi connectivity index (χ4v) is 3.59. The Balaban J connectivity index is 2.15. The van der Waals surface area contributed by atoms with Gasteiger partial charge in [0, 0.05) is 26.7 Å². The van der Waals surface area contributed by atoms with Crippen LogP contribution < -0.4 is 5.73 Å². The summed E-state index contributed by atoms with van der Waals surface area (Å²) in [4.78, 5) is 0.985. The highest BCUT2D eigenvalue weighted by Gasteiger charge is 2.19. The minimum absolute atomic E-state index is 0.0843. The van der Waals surface area contributed by atoms with Crippen molar-refractivity contribution in [3.05, 3.63) is 62.5 Å². The molecule has 1 nitrogen and oxygen atoms in total. The third-order valence-corrected chi connectivity index (χ3v) is 5.46. The standard InChI is InChI=1S/C14H11Br2F2NS/c15-8-3-1-2-4-12(8)20-7-11(19)13-10(17)6-5-9(16)14(13)18/h1-6,11H,7,19H2. The van der Waals surface area contributed by atoms with Crippen LogP contribution in [0.25, 0.3) is 0 Å². The predicted molar refractivity (Wildman–Crippen MR) is 85.9 cm³/mol. The molecule has 2 rings (SSSR count). The van der Waals surface area contributed by atoms with Gasteiger partial charge in [0.05, 0.1) is 4.47 Å². The summed E-state index contributed by atoms with van der Waals surface area (Å²) < 4.78 is 28.8. The molecule has 0 radical (unpaired) electrons. The average Bonchev–Trinajstić information content (AvgIpc) is 2.42. The van der Waals surface area contributed by atoms with E-state index in [2.05, 4.69) is 31.9 Å². The van der Waals surface area contributed by atoms with Gasteiger partial charge in [-0.05, 0) is 56.1 Å². The summed E-state index contributed by atoms with van der Waals surface area (Å²) in [5.41, 5.74) is 5.84. The van der Waals surface area contributed by atoms with E-state index >= 15 is 0 Å². The first kappa shape index (κ1) is 15.9. The molecular formula is C14H11Br2F2NS. The fraction of sp³-hybridized carbons (Fsp3) is 0.143. The minimum Gasteiger partial charge on any atom is -0.323 e. The highest BCUT2D eigenvalue weighted by atomic mass is 79.9. The van der Waals surface area contributed by atoms with Crippen molar-refractivity contribution in [3.8, 4) is 0 Å². The quantitative estimate of drug-likeness (QED) is 0.535. The van der Waals surface area contributed by atoms with Gasteiger partial charge < -0.3 is 5.73 Å². The van der Waals surface area contributed by atoms with Gasteiger partial charge in [0.25, 0.3) is 0 Å². The first-order valence-corrected chi connectivity index (χ1v) is 8.34. The van der Waals surface area contributed by atoms with Crippen molar-refractivity contribution in [2.24, 2.45) is 5.73 Å². The van der Waals surface area contributed by atoms with Crippen molar-refractivity contribution < 1.29 is 8.78 Å². The Morgan fingerprint density at radius 3 is 2.45 bits per heavy atom. The summed E-state index contributed by atoms with van der Waals surface area (Å²) >= 11 is 7.92. The molecule has 0 amide bonds. The summed E-state index contributed by atoms with van der Waals surface area (Å²) in [7, 11) is 0. The van der Waals surface area contributed by atoms with E-state index in [-0.39, 0.29) is 10.0 Å². The zero-order valence-corrected chi connectivity index (χ0v) is 14.2. The number of hydrogen-bond acceptors (Lipinski definition) is 2. The zero-order valence-electron chi connectivity index (χ0n) is 10.2. The lowest BCUT2D eigenvalue weighted by atomic mass is 10.1. The second-order valence-corrected chi connectivity index (χ2v) is 6.88. The van der Waals surface area contributed by atoms with Gasteiger partial charge in [-0.1, -0.05) is 12.1 Å². The number of rotatable bonds is 4.